The summed E-state index contributed by atoms with van der Waals surface area (Å²) in [6, 6.07) is -4.48. The van der Waals surface area contributed by atoms with Crippen LogP contribution in [0.1, 0.15) is 150 Å². The van der Waals surface area contributed by atoms with Gasteiger partial charge in [-0.1, -0.05) is 13.8 Å². The molecule has 25 nitrogen and oxygen atoms in total. The van der Waals surface area contributed by atoms with Crippen LogP contribution >= 0.6 is 0 Å². The Morgan fingerprint density at radius 3 is 1.51 bits per heavy atom. The number of carbonyl (C=O) groups excluding carboxylic acids is 7. The lowest BCUT2D eigenvalue weighted by Gasteiger charge is -2.50. The molecular formula is C51H90N6O19. The first kappa shape index (κ1) is 65.3. The number of aliphatic hydroxyl groups excluding tert-OH is 2. The van der Waals surface area contributed by atoms with E-state index in [1.54, 1.807) is 118 Å². The summed E-state index contributed by atoms with van der Waals surface area (Å²) in [6.45, 7) is 28.9. The van der Waals surface area contributed by atoms with Crippen molar-refractivity contribution in [2.24, 2.45) is 11.8 Å². The van der Waals surface area contributed by atoms with Crippen molar-refractivity contribution < 1.29 is 91.1 Å². The Labute approximate surface area is 447 Å². The van der Waals surface area contributed by atoms with Crippen molar-refractivity contribution in [3.8, 4) is 0 Å². The maximum absolute atomic E-state index is 14.2. The van der Waals surface area contributed by atoms with Crippen molar-refractivity contribution in [1.82, 2.24) is 31.9 Å². The topological polar surface area (TPSA) is 324 Å². The van der Waals surface area contributed by atoms with Gasteiger partial charge in [-0.05, 0) is 130 Å². The van der Waals surface area contributed by atoms with E-state index in [2.05, 4.69) is 31.9 Å². The predicted octanol–water partition coefficient (Wildman–Crippen LogP) is 4.55. The molecular weight excluding hydrogens is 1000 g/mol. The molecule has 3 aliphatic rings. The van der Waals surface area contributed by atoms with Crippen LogP contribution in [0, 0.1) is 11.8 Å². The molecule has 3 fully saturated rings. The number of aliphatic hydroxyl groups is 2. The van der Waals surface area contributed by atoms with Gasteiger partial charge in [0.05, 0.1) is 36.9 Å². The number of nitrogens with one attached hydrogen (secondary N) is 6. The first-order chi connectivity index (χ1) is 34.7. The summed E-state index contributed by atoms with van der Waals surface area (Å²) in [5.74, 6) is -3.00. The molecule has 25 heteroatoms. The van der Waals surface area contributed by atoms with E-state index >= 15 is 0 Å². The minimum atomic E-state index is -1.83. The lowest BCUT2D eigenvalue weighted by atomic mass is 9.82. The van der Waals surface area contributed by atoms with E-state index in [4.69, 9.17) is 47.4 Å². The van der Waals surface area contributed by atoms with Gasteiger partial charge in [0.1, 0.15) is 52.4 Å². The number of amides is 6. The molecule has 6 unspecified atom stereocenters. The molecule has 0 aromatic carbocycles. The number of alkyl carbamates (subject to hydrolysis) is 5. The van der Waals surface area contributed by atoms with Crippen molar-refractivity contribution in [2.75, 3.05) is 19.7 Å². The van der Waals surface area contributed by atoms with E-state index in [1.807, 2.05) is 0 Å². The summed E-state index contributed by atoms with van der Waals surface area (Å²) in [5.41, 5.74) is -4.41. The monoisotopic (exact) mass is 1090 g/mol. The molecule has 8 N–H and O–H groups in total. The molecule has 2 aliphatic heterocycles. The summed E-state index contributed by atoms with van der Waals surface area (Å²) in [6.07, 6.45) is -14.6. The standard InChI is InChI=1S/C51H90N6O19/c1-26(21-22-52-42(62)72-47(4,5)6)39(61)54-31-23-32(56-45(65)75-50(13,14)15)37(71-41-30(55-44(64)74-49(10,11)12)20-19-29(68-41)24-53-43(63)73-48(7,8)9)35(60)36(31)70-40-27(2)34(57-46(66)76-51(16,17)18)38(67-28(3)59)33(25-58)69-40/h26-27,29-38,40-41,58,60H,19-25H2,1-18H3,(H,52,62)(H,53,63)(H,54,61)(H,55,64)(H,56,65)(H,57,66)/t26-,27?,29?,30?,31+,32-,33?,34+,35?,36+,37?,38-,40-,41-/m0/s1. The first-order valence-electron chi connectivity index (χ1n) is 26.0. The van der Waals surface area contributed by atoms with E-state index in [0.29, 0.717) is 6.42 Å². The third-order valence-corrected chi connectivity index (χ3v) is 11.5. The van der Waals surface area contributed by atoms with Crippen LogP contribution in [0.3, 0.4) is 0 Å². The number of hydrogen-bond donors (Lipinski definition) is 8. The van der Waals surface area contributed by atoms with Gasteiger partial charge in [-0.25, -0.2) is 24.0 Å². The molecule has 1 saturated carbocycles. The van der Waals surface area contributed by atoms with Crippen LogP contribution in [-0.2, 0) is 57.0 Å². The molecule has 0 spiro atoms. The molecule has 14 atom stereocenters. The van der Waals surface area contributed by atoms with Crippen LogP contribution in [-0.4, -0.2) is 174 Å². The van der Waals surface area contributed by atoms with E-state index in [0.717, 1.165) is 6.92 Å². The van der Waals surface area contributed by atoms with E-state index in [1.165, 1.54) is 0 Å². The minimum absolute atomic E-state index is 0.0507. The van der Waals surface area contributed by atoms with Crippen molar-refractivity contribution in [3.05, 3.63) is 0 Å². The van der Waals surface area contributed by atoms with E-state index in [9.17, 15) is 43.8 Å². The third kappa shape index (κ3) is 22.9. The number of esters is 1. The Hall–Kier alpha value is -4.95. The summed E-state index contributed by atoms with van der Waals surface area (Å²) in [4.78, 5) is 92.3. The molecule has 438 valence electrons. The first-order valence-corrected chi connectivity index (χ1v) is 26.0. The molecule has 76 heavy (non-hydrogen) atoms. The SMILES string of the molecule is CC(=O)O[C@H]1C(CO)O[C@@H](O[C@H]2C(O)C(O[C@@H]3OC(CNC(=O)OC(C)(C)C)CCC3NC(=O)OC(C)(C)C)[C@@H](NC(=O)OC(C)(C)C)C[C@H]2NC(=O)[C@@H](C)CCNC(=O)OC(C)(C)C)C(C)[C@H]1NC(=O)OC(C)(C)C. The summed E-state index contributed by atoms with van der Waals surface area (Å²) >= 11 is 0. The van der Waals surface area contributed by atoms with E-state index in [-0.39, 0.29) is 32.4 Å². The Morgan fingerprint density at radius 2 is 1.03 bits per heavy atom. The predicted molar refractivity (Wildman–Crippen MR) is 272 cm³/mol. The molecule has 2 saturated heterocycles. The lowest BCUT2D eigenvalue weighted by Crippen LogP contribution is -2.69. The Kier molecular flexibility index (Phi) is 23.3. The molecule has 1 aliphatic carbocycles. The number of rotatable bonds is 16. The number of ether oxygens (including phenoxy) is 10. The highest BCUT2D eigenvalue weighted by Gasteiger charge is 2.54. The summed E-state index contributed by atoms with van der Waals surface area (Å²) in [7, 11) is 0. The highest BCUT2D eigenvalue weighted by atomic mass is 16.7. The van der Waals surface area contributed by atoms with Crippen LogP contribution in [0.15, 0.2) is 0 Å². The lowest BCUT2D eigenvalue weighted by molar-refractivity contribution is -0.307. The van der Waals surface area contributed by atoms with Gasteiger partial charge in [0.2, 0.25) is 5.91 Å². The van der Waals surface area contributed by atoms with Crippen LogP contribution in [0.4, 0.5) is 24.0 Å². The van der Waals surface area contributed by atoms with Gasteiger partial charge in [0.25, 0.3) is 0 Å². The Morgan fingerprint density at radius 1 is 0.579 bits per heavy atom. The smallest absolute Gasteiger partial charge is 0.408 e. The molecule has 0 radical (unpaired) electrons. The zero-order valence-corrected chi connectivity index (χ0v) is 47.9. The van der Waals surface area contributed by atoms with Gasteiger partial charge in [0, 0.05) is 31.8 Å². The summed E-state index contributed by atoms with van der Waals surface area (Å²) < 4.78 is 59.3. The average Bonchev–Trinajstić information content (AvgIpc) is 3.22. The molecule has 3 rings (SSSR count). The van der Waals surface area contributed by atoms with Crippen molar-refractivity contribution in [3.63, 3.8) is 0 Å². The molecule has 6 amide bonds. The Balaban J connectivity index is 2.17. The third-order valence-electron chi connectivity index (χ3n) is 11.5. The maximum Gasteiger partial charge on any atom is 0.408 e. The van der Waals surface area contributed by atoms with Crippen LogP contribution in [0.2, 0.25) is 0 Å². The van der Waals surface area contributed by atoms with Gasteiger partial charge in [-0.3, -0.25) is 9.59 Å². The fourth-order valence-electron chi connectivity index (χ4n) is 8.38. The zero-order chi connectivity index (χ0) is 57.9. The van der Waals surface area contributed by atoms with Crippen LogP contribution in [0.25, 0.3) is 0 Å². The largest absolute Gasteiger partial charge is 0.457 e. The number of carbonyl (C=O) groups is 7. The Bertz CT molecular complexity index is 1960. The number of hydrogen-bond acceptors (Lipinski definition) is 19. The normalized spacial score (nSPS) is 28.8. The maximum atomic E-state index is 14.2. The van der Waals surface area contributed by atoms with Gasteiger partial charge in [-0.2, -0.15) is 0 Å². The second-order valence-electron chi connectivity index (χ2n) is 24.6. The van der Waals surface area contributed by atoms with Crippen molar-refractivity contribution >= 4 is 42.3 Å². The highest BCUT2D eigenvalue weighted by molar-refractivity contribution is 5.79. The second-order valence-corrected chi connectivity index (χ2v) is 24.6. The fourth-order valence-corrected chi connectivity index (χ4v) is 8.38. The summed E-state index contributed by atoms with van der Waals surface area (Å²) in [5, 5.41) is 40.1. The van der Waals surface area contributed by atoms with Gasteiger partial charge >= 0.3 is 36.4 Å². The second kappa shape index (κ2) is 27.1. The average molecular weight is 1090 g/mol. The molecule has 2 heterocycles. The molecule has 0 bridgehead atoms. The van der Waals surface area contributed by atoms with Crippen molar-refractivity contribution in [2.45, 2.75) is 252 Å². The van der Waals surface area contributed by atoms with Crippen LogP contribution in [0.5, 0.6) is 0 Å². The van der Waals surface area contributed by atoms with Crippen molar-refractivity contribution in [1.29, 1.82) is 0 Å². The zero-order valence-electron chi connectivity index (χ0n) is 47.9. The van der Waals surface area contributed by atoms with Gasteiger partial charge < -0.3 is 89.5 Å². The van der Waals surface area contributed by atoms with E-state index < -0.39 is 162 Å². The highest BCUT2D eigenvalue weighted by Crippen LogP contribution is 2.36. The molecule has 0 aromatic rings. The van der Waals surface area contributed by atoms with Gasteiger partial charge in [-0.15, -0.1) is 0 Å². The molecule has 0 aromatic heterocycles. The quantitative estimate of drug-likeness (QED) is 0.0776. The minimum Gasteiger partial charge on any atom is -0.457 e. The van der Waals surface area contributed by atoms with Crippen LogP contribution < -0.4 is 31.9 Å². The fraction of sp³-hybridized carbons (Fsp3) is 0.863. The van der Waals surface area contributed by atoms with Gasteiger partial charge in [0.15, 0.2) is 18.7 Å².